The van der Waals surface area contributed by atoms with Gasteiger partial charge in [0.05, 0.1) is 28.8 Å². The van der Waals surface area contributed by atoms with E-state index in [1.165, 1.54) is 10.7 Å². The van der Waals surface area contributed by atoms with Crippen molar-refractivity contribution < 1.29 is 4.79 Å². The van der Waals surface area contributed by atoms with E-state index in [1.807, 2.05) is 44.2 Å². The minimum absolute atomic E-state index is 0.0840. The average molecular weight is 363 g/mol. The molecule has 27 heavy (non-hydrogen) atoms. The second-order valence-corrected chi connectivity index (χ2v) is 6.47. The number of amides is 2. The number of aryl methyl sites for hydroxylation is 1. The molecule has 1 aromatic carbocycles. The monoisotopic (exact) mass is 363 g/mol. The van der Waals surface area contributed by atoms with Gasteiger partial charge in [0.25, 0.3) is 5.56 Å². The smallest absolute Gasteiger partial charge is 0.316 e. The lowest BCUT2D eigenvalue weighted by Crippen LogP contribution is -2.24. The first-order chi connectivity index (χ1) is 12.9. The van der Waals surface area contributed by atoms with Crippen molar-refractivity contribution in [1.82, 2.24) is 14.8 Å². The van der Waals surface area contributed by atoms with E-state index in [-0.39, 0.29) is 11.6 Å². The Bertz CT molecular complexity index is 1040. The van der Waals surface area contributed by atoms with Gasteiger partial charge in [0.1, 0.15) is 0 Å². The Hall–Kier alpha value is -3.48. The van der Waals surface area contributed by atoms with Crippen molar-refractivity contribution in [3.63, 3.8) is 0 Å². The van der Waals surface area contributed by atoms with Crippen molar-refractivity contribution in [2.75, 3.05) is 5.32 Å². The Morgan fingerprint density at radius 2 is 1.85 bits per heavy atom. The highest BCUT2D eigenvalue weighted by Gasteiger charge is 2.16. The van der Waals surface area contributed by atoms with Crippen LogP contribution in [0.15, 0.2) is 53.3 Å². The van der Waals surface area contributed by atoms with E-state index in [2.05, 4.69) is 15.4 Å². The Morgan fingerprint density at radius 1 is 1.15 bits per heavy atom. The molecule has 0 aliphatic rings. The van der Waals surface area contributed by atoms with Gasteiger partial charge in [-0.3, -0.25) is 9.78 Å². The van der Waals surface area contributed by atoms with Gasteiger partial charge in [-0.05, 0) is 32.9 Å². The third-order valence-electron chi connectivity index (χ3n) is 4.11. The predicted octanol–water partition coefficient (Wildman–Crippen LogP) is 3.35. The molecule has 3 aromatic rings. The molecule has 2 heterocycles. The van der Waals surface area contributed by atoms with Crippen LogP contribution in [0.4, 0.5) is 10.5 Å². The maximum atomic E-state index is 12.1. The molecule has 0 unspecified atom stereocenters. The van der Waals surface area contributed by atoms with Gasteiger partial charge in [-0.2, -0.15) is 5.10 Å². The van der Waals surface area contributed by atoms with Crippen LogP contribution < -0.4 is 16.6 Å². The Balaban J connectivity index is 2.27. The molecular formula is C20H21N5O2. The first kappa shape index (κ1) is 18.3. The summed E-state index contributed by atoms with van der Waals surface area (Å²) in [5.41, 5.74) is 9.14. The van der Waals surface area contributed by atoms with Gasteiger partial charge < -0.3 is 11.1 Å². The molecule has 0 radical (unpaired) electrons. The molecule has 3 N–H and O–H groups in total. The summed E-state index contributed by atoms with van der Waals surface area (Å²) >= 11 is 0. The summed E-state index contributed by atoms with van der Waals surface area (Å²) in [7, 11) is 0. The molecular weight excluding hydrogens is 342 g/mol. The lowest BCUT2D eigenvalue weighted by atomic mass is 10.0. The van der Waals surface area contributed by atoms with E-state index in [4.69, 9.17) is 5.73 Å². The Kier molecular flexibility index (Phi) is 5.03. The van der Waals surface area contributed by atoms with Gasteiger partial charge in [0.2, 0.25) is 0 Å². The van der Waals surface area contributed by atoms with Crippen LogP contribution in [0.2, 0.25) is 0 Å². The summed E-state index contributed by atoms with van der Waals surface area (Å²) in [6.45, 7) is 5.58. The topological polar surface area (TPSA) is 103 Å². The molecule has 2 aromatic heterocycles. The molecule has 2 amide bonds. The second kappa shape index (κ2) is 7.41. The third-order valence-corrected chi connectivity index (χ3v) is 4.11. The van der Waals surface area contributed by atoms with E-state index >= 15 is 0 Å². The highest BCUT2D eigenvalue weighted by molar-refractivity contribution is 5.91. The summed E-state index contributed by atoms with van der Waals surface area (Å²) in [5, 5.41) is 7.09. The number of hydrogen-bond donors (Lipinski definition) is 2. The number of primary amides is 1. The highest BCUT2D eigenvalue weighted by Crippen LogP contribution is 2.32. The van der Waals surface area contributed by atoms with Gasteiger partial charge in [0, 0.05) is 17.2 Å². The van der Waals surface area contributed by atoms with Crippen LogP contribution in [0.1, 0.15) is 25.6 Å². The van der Waals surface area contributed by atoms with Crippen molar-refractivity contribution >= 4 is 11.7 Å². The average Bonchev–Trinajstić information content (AvgIpc) is 2.64. The summed E-state index contributed by atoms with van der Waals surface area (Å²) in [4.78, 5) is 28.1. The maximum Gasteiger partial charge on any atom is 0.316 e. The number of rotatable bonds is 4. The van der Waals surface area contributed by atoms with Gasteiger partial charge in [-0.1, -0.05) is 30.3 Å². The number of urea groups is 1. The van der Waals surface area contributed by atoms with Crippen molar-refractivity contribution in [2.45, 2.75) is 26.8 Å². The minimum Gasteiger partial charge on any atom is -0.351 e. The number of hydrogen-bond acceptors (Lipinski definition) is 4. The molecule has 0 spiro atoms. The molecule has 138 valence electrons. The summed E-state index contributed by atoms with van der Waals surface area (Å²) in [5.74, 6) is 0. The zero-order valence-electron chi connectivity index (χ0n) is 15.4. The number of benzene rings is 1. The molecule has 0 aliphatic heterocycles. The number of aromatic nitrogens is 3. The summed E-state index contributed by atoms with van der Waals surface area (Å²) in [6.07, 6.45) is 0. The lowest BCUT2D eigenvalue weighted by Gasteiger charge is -2.15. The SMILES string of the molecule is Cc1nc(-c2ccccc2)c(-c2ccc(=O)n(C(C)C)n2)cc1NC(N)=O. The highest BCUT2D eigenvalue weighted by atomic mass is 16.2. The van der Waals surface area contributed by atoms with Crippen LogP contribution in [-0.4, -0.2) is 20.8 Å². The van der Waals surface area contributed by atoms with Crippen LogP contribution in [0.25, 0.3) is 22.5 Å². The number of pyridine rings is 1. The van der Waals surface area contributed by atoms with E-state index in [0.717, 1.165) is 5.56 Å². The quantitative estimate of drug-likeness (QED) is 0.742. The van der Waals surface area contributed by atoms with Crippen LogP contribution >= 0.6 is 0 Å². The van der Waals surface area contributed by atoms with Gasteiger partial charge >= 0.3 is 6.03 Å². The summed E-state index contributed by atoms with van der Waals surface area (Å²) < 4.78 is 1.42. The van der Waals surface area contributed by atoms with Crippen molar-refractivity contribution in [3.8, 4) is 22.5 Å². The second-order valence-electron chi connectivity index (χ2n) is 6.47. The third kappa shape index (κ3) is 3.87. The fourth-order valence-electron chi connectivity index (χ4n) is 2.81. The van der Waals surface area contributed by atoms with Crippen molar-refractivity contribution in [2.24, 2.45) is 5.73 Å². The van der Waals surface area contributed by atoms with Crippen LogP contribution in [0.3, 0.4) is 0 Å². The number of nitrogens with two attached hydrogens (primary N) is 1. The van der Waals surface area contributed by atoms with Crippen LogP contribution in [0, 0.1) is 6.92 Å². The number of carbonyl (C=O) groups is 1. The van der Waals surface area contributed by atoms with E-state index < -0.39 is 6.03 Å². The molecule has 0 bridgehead atoms. The first-order valence-electron chi connectivity index (χ1n) is 8.60. The van der Waals surface area contributed by atoms with Crippen LogP contribution in [0.5, 0.6) is 0 Å². The Morgan fingerprint density at radius 3 is 2.48 bits per heavy atom. The minimum atomic E-state index is -0.668. The van der Waals surface area contributed by atoms with Gasteiger partial charge in [0.15, 0.2) is 0 Å². The van der Waals surface area contributed by atoms with E-state index in [9.17, 15) is 9.59 Å². The molecule has 0 aliphatic carbocycles. The number of anilines is 1. The maximum absolute atomic E-state index is 12.1. The van der Waals surface area contributed by atoms with Gasteiger partial charge in [-0.25, -0.2) is 9.48 Å². The predicted molar refractivity (Wildman–Crippen MR) is 105 cm³/mol. The fourth-order valence-corrected chi connectivity index (χ4v) is 2.81. The molecule has 0 saturated heterocycles. The molecule has 0 fully saturated rings. The molecule has 0 saturated carbocycles. The lowest BCUT2D eigenvalue weighted by molar-refractivity contribution is 0.259. The zero-order valence-corrected chi connectivity index (χ0v) is 15.4. The number of carbonyl (C=O) groups excluding carboxylic acids is 1. The largest absolute Gasteiger partial charge is 0.351 e. The normalized spacial score (nSPS) is 10.8. The van der Waals surface area contributed by atoms with Crippen molar-refractivity contribution in [3.05, 3.63) is 64.6 Å². The fraction of sp³-hybridized carbons (Fsp3) is 0.200. The standard InChI is InChI=1S/C20H21N5O2/c1-12(2)25-18(26)10-9-16(24-25)15-11-17(23-20(21)27)13(3)22-19(15)14-7-5-4-6-8-14/h4-12H,1-3H3,(H3,21,23,27). The van der Waals surface area contributed by atoms with Crippen molar-refractivity contribution in [1.29, 1.82) is 0 Å². The Labute approximate surface area is 156 Å². The number of nitrogens with zero attached hydrogens (tertiary/aromatic N) is 3. The molecule has 7 nitrogen and oxygen atoms in total. The molecule has 0 atom stereocenters. The zero-order chi connectivity index (χ0) is 19.6. The van der Waals surface area contributed by atoms with E-state index in [0.29, 0.717) is 28.3 Å². The van der Waals surface area contributed by atoms with Crippen LogP contribution in [-0.2, 0) is 0 Å². The van der Waals surface area contributed by atoms with E-state index in [1.54, 1.807) is 19.1 Å². The molecule has 3 rings (SSSR count). The molecule has 7 heteroatoms. The first-order valence-corrected chi connectivity index (χ1v) is 8.60. The summed E-state index contributed by atoms with van der Waals surface area (Å²) in [6, 6.07) is 13.9. The number of nitrogens with one attached hydrogen (secondary N) is 1. The van der Waals surface area contributed by atoms with Gasteiger partial charge in [-0.15, -0.1) is 0 Å².